The molecular formula is C17H20ClN5O2. The van der Waals surface area contributed by atoms with Gasteiger partial charge in [-0.1, -0.05) is 0 Å². The molecule has 0 fully saturated rings. The minimum Gasteiger partial charge on any atom is -0.497 e. The summed E-state index contributed by atoms with van der Waals surface area (Å²) in [5.41, 5.74) is 2.36. The van der Waals surface area contributed by atoms with E-state index in [4.69, 9.17) is 21.1 Å². The molecule has 0 aliphatic rings. The average molecular weight is 362 g/mol. The van der Waals surface area contributed by atoms with Gasteiger partial charge in [0.25, 0.3) is 0 Å². The van der Waals surface area contributed by atoms with E-state index in [2.05, 4.69) is 34.1 Å². The van der Waals surface area contributed by atoms with E-state index >= 15 is 0 Å². The zero-order chi connectivity index (χ0) is 18.0. The van der Waals surface area contributed by atoms with Gasteiger partial charge in [0.2, 0.25) is 5.28 Å². The lowest BCUT2D eigenvalue weighted by Crippen LogP contribution is -2.06. The molecule has 3 rings (SSSR count). The molecule has 0 aliphatic heterocycles. The highest BCUT2D eigenvalue weighted by molar-refractivity contribution is 6.28. The summed E-state index contributed by atoms with van der Waals surface area (Å²) in [7, 11) is 3.25. The lowest BCUT2D eigenvalue weighted by atomic mass is 10.2. The Labute approximate surface area is 151 Å². The van der Waals surface area contributed by atoms with Gasteiger partial charge in [0, 0.05) is 24.2 Å². The third-order valence-electron chi connectivity index (χ3n) is 3.89. The molecule has 7 nitrogen and oxygen atoms in total. The normalized spacial score (nSPS) is 11.1. The van der Waals surface area contributed by atoms with E-state index in [1.807, 2.05) is 22.8 Å². The highest BCUT2D eigenvalue weighted by Gasteiger charge is 2.14. The largest absolute Gasteiger partial charge is 0.497 e. The van der Waals surface area contributed by atoms with Crippen LogP contribution in [0.4, 0.5) is 5.82 Å². The molecule has 3 aromatic rings. The summed E-state index contributed by atoms with van der Waals surface area (Å²) in [6, 6.07) is 5.89. The number of nitrogens with one attached hydrogen (secondary N) is 1. The van der Waals surface area contributed by atoms with Crippen LogP contribution in [0.25, 0.3) is 11.2 Å². The van der Waals surface area contributed by atoms with Crippen LogP contribution in [0.15, 0.2) is 24.5 Å². The molecule has 0 spiro atoms. The number of ether oxygens (including phenoxy) is 2. The molecule has 1 aromatic carbocycles. The molecule has 0 radical (unpaired) electrons. The smallest absolute Gasteiger partial charge is 0.226 e. The number of benzene rings is 1. The predicted octanol–water partition coefficient (Wildman–Crippen LogP) is 3.69. The Balaban J connectivity index is 1.91. The Morgan fingerprint density at radius 2 is 2.00 bits per heavy atom. The summed E-state index contributed by atoms with van der Waals surface area (Å²) in [6.07, 6.45) is 1.75. The van der Waals surface area contributed by atoms with E-state index < -0.39 is 0 Å². The Morgan fingerprint density at radius 3 is 2.68 bits per heavy atom. The average Bonchev–Trinajstić information content (AvgIpc) is 3.03. The molecular weight excluding hydrogens is 342 g/mol. The Bertz CT molecular complexity index is 894. The fourth-order valence-electron chi connectivity index (χ4n) is 2.57. The second-order valence-electron chi connectivity index (χ2n) is 5.79. The second-order valence-corrected chi connectivity index (χ2v) is 6.13. The minimum absolute atomic E-state index is 0.180. The molecule has 25 heavy (non-hydrogen) atoms. The van der Waals surface area contributed by atoms with Crippen molar-refractivity contribution >= 4 is 28.6 Å². The number of anilines is 1. The van der Waals surface area contributed by atoms with Gasteiger partial charge in [-0.2, -0.15) is 9.97 Å². The molecule has 0 amide bonds. The first-order valence-electron chi connectivity index (χ1n) is 7.88. The summed E-state index contributed by atoms with van der Waals surface area (Å²) in [5, 5.41) is 3.46. The zero-order valence-corrected chi connectivity index (χ0v) is 15.3. The summed E-state index contributed by atoms with van der Waals surface area (Å²) < 4.78 is 12.6. The molecule has 2 heterocycles. The molecule has 132 valence electrons. The van der Waals surface area contributed by atoms with Crippen molar-refractivity contribution in [2.45, 2.75) is 26.4 Å². The number of hydrogen-bond acceptors (Lipinski definition) is 6. The topological polar surface area (TPSA) is 74.1 Å². The van der Waals surface area contributed by atoms with E-state index in [1.54, 1.807) is 20.5 Å². The van der Waals surface area contributed by atoms with Crippen molar-refractivity contribution in [1.82, 2.24) is 19.5 Å². The van der Waals surface area contributed by atoms with Gasteiger partial charge in [0.15, 0.2) is 17.0 Å². The summed E-state index contributed by atoms with van der Waals surface area (Å²) in [4.78, 5) is 13.0. The minimum atomic E-state index is 0.180. The number of rotatable bonds is 6. The van der Waals surface area contributed by atoms with Crippen molar-refractivity contribution < 1.29 is 9.47 Å². The van der Waals surface area contributed by atoms with Gasteiger partial charge in [-0.3, -0.25) is 0 Å². The van der Waals surface area contributed by atoms with E-state index in [1.165, 1.54) is 0 Å². The summed E-state index contributed by atoms with van der Waals surface area (Å²) in [5.74, 6) is 2.06. The van der Waals surface area contributed by atoms with Crippen LogP contribution in [-0.2, 0) is 6.54 Å². The number of methoxy groups -OCH3 is 2. The molecule has 0 unspecified atom stereocenters. The van der Waals surface area contributed by atoms with Crippen molar-refractivity contribution in [1.29, 1.82) is 0 Å². The standard InChI is InChI=1S/C17H20ClN5O2/c1-10(2)23-9-20-14-15(21-17(18)22-16(14)23)19-8-11-5-6-12(24-3)7-13(11)25-4/h5-7,9-10H,8H2,1-4H3,(H,19,21,22). The Hall–Kier alpha value is -2.54. The molecule has 1 N–H and O–H groups in total. The third-order valence-corrected chi connectivity index (χ3v) is 4.06. The fourth-order valence-corrected chi connectivity index (χ4v) is 2.73. The van der Waals surface area contributed by atoms with E-state index in [9.17, 15) is 0 Å². The van der Waals surface area contributed by atoms with Crippen LogP contribution in [0.5, 0.6) is 11.5 Å². The molecule has 0 atom stereocenters. The van der Waals surface area contributed by atoms with Crippen molar-refractivity contribution in [3.8, 4) is 11.5 Å². The maximum Gasteiger partial charge on any atom is 0.226 e. The Morgan fingerprint density at radius 1 is 1.20 bits per heavy atom. The first-order chi connectivity index (χ1) is 12.0. The maximum absolute atomic E-state index is 6.09. The first kappa shape index (κ1) is 17.3. The van der Waals surface area contributed by atoms with E-state index in [0.717, 1.165) is 17.1 Å². The van der Waals surface area contributed by atoms with E-state index in [-0.39, 0.29) is 11.3 Å². The van der Waals surface area contributed by atoms with Crippen LogP contribution in [0.1, 0.15) is 25.5 Å². The molecule has 0 aliphatic carbocycles. The first-order valence-corrected chi connectivity index (χ1v) is 8.26. The number of imidazole rings is 1. The van der Waals surface area contributed by atoms with Crippen LogP contribution >= 0.6 is 11.6 Å². The zero-order valence-electron chi connectivity index (χ0n) is 14.6. The van der Waals surface area contributed by atoms with Crippen LogP contribution in [0, 0.1) is 0 Å². The summed E-state index contributed by atoms with van der Waals surface area (Å²) >= 11 is 6.09. The number of nitrogens with zero attached hydrogens (tertiary/aromatic N) is 4. The monoisotopic (exact) mass is 361 g/mol. The van der Waals surface area contributed by atoms with Crippen LogP contribution in [-0.4, -0.2) is 33.7 Å². The Kier molecular flexibility index (Phi) is 4.94. The molecule has 0 bridgehead atoms. The lowest BCUT2D eigenvalue weighted by molar-refractivity contribution is 0.391. The molecule has 0 saturated heterocycles. The van der Waals surface area contributed by atoms with Crippen molar-refractivity contribution in [2.24, 2.45) is 0 Å². The molecule has 8 heteroatoms. The lowest BCUT2D eigenvalue weighted by Gasteiger charge is -2.12. The second kappa shape index (κ2) is 7.14. The number of fused-ring (bicyclic) bond motifs is 1. The van der Waals surface area contributed by atoms with Gasteiger partial charge >= 0.3 is 0 Å². The fraction of sp³-hybridized carbons (Fsp3) is 0.353. The van der Waals surface area contributed by atoms with Gasteiger partial charge in [-0.15, -0.1) is 0 Å². The van der Waals surface area contributed by atoms with Crippen LogP contribution in [0.3, 0.4) is 0 Å². The SMILES string of the molecule is COc1ccc(CNc2nc(Cl)nc3c2ncn3C(C)C)c(OC)c1. The maximum atomic E-state index is 6.09. The van der Waals surface area contributed by atoms with Gasteiger partial charge in [-0.05, 0) is 37.6 Å². The van der Waals surface area contributed by atoms with Gasteiger partial charge < -0.3 is 19.4 Å². The highest BCUT2D eigenvalue weighted by atomic mass is 35.5. The quantitative estimate of drug-likeness (QED) is 0.675. The molecule has 2 aromatic heterocycles. The van der Waals surface area contributed by atoms with Crippen LogP contribution < -0.4 is 14.8 Å². The van der Waals surface area contributed by atoms with Crippen molar-refractivity contribution in [2.75, 3.05) is 19.5 Å². The summed E-state index contributed by atoms with van der Waals surface area (Å²) in [6.45, 7) is 4.63. The third kappa shape index (κ3) is 3.46. The predicted molar refractivity (Wildman–Crippen MR) is 97.6 cm³/mol. The van der Waals surface area contributed by atoms with Gasteiger partial charge in [-0.25, -0.2) is 4.98 Å². The highest BCUT2D eigenvalue weighted by Crippen LogP contribution is 2.27. The number of hydrogen-bond donors (Lipinski definition) is 1. The van der Waals surface area contributed by atoms with Gasteiger partial charge in [0.1, 0.15) is 11.5 Å². The number of aromatic nitrogens is 4. The van der Waals surface area contributed by atoms with Crippen molar-refractivity contribution in [3.05, 3.63) is 35.4 Å². The molecule has 0 saturated carbocycles. The van der Waals surface area contributed by atoms with E-state index in [0.29, 0.717) is 23.5 Å². The van der Waals surface area contributed by atoms with Crippen molar-refractivity contribution in [3.63, 3.8) is 0 Å². The number of halogens is 1. The van der Waals surface area contributed by atoms with Crippen LogP contribution in [0.2, 0.25) is 5.28 Å². The van der Waals surface area contributed by atoms with Gasteiger partial charge in [0.05, 0.1) is 20.5 Å².